The van der Waals surface area contributed by atoms with Gasteiger partial charge in [0, 0.05) is 19.6 Å². The highest BCUT2D eigenvalue weighted by molar-refractivity contribution is 5.73. The lowest BCUT2D eigenvalue weighted by molar-refractivity contribution is -0.147. The second kappa shape index (κ2) is 7.16. The van der Waals surface area contributed by atoms with Crippen molar-refractivity contribution in [3.63, 3.8) is 0 Å². The Bertz CT molecular complexity index is 898. The standard InChI is InChI=1S/C22H22FNO3/c1-14-16(11-24-12-17(13-24)22(25)26)3-2-15-10-20(8-9-21(14)15)27-19-6-4-18(23)5-7-19/h4-10,17H,2-3,11-13H2,1H3,(H,25,26). The van der Waals surface area contributed by atoms with E-state index in [1.807, 2.05) is 6.07 Å². The Morgan fingerprint density at radius 3 is 2.56 bits per heavy atom. The molecule has 2 aromatic rings. The number of carbonyl (C=O) groups is 1. The molecule has 0 saturated carbocycles. The average molecular weight is 367 g/mol. The molecule has 5 heteroatoms. The Labute approximate surface area is 157 Å². The van der Waals surface area contributed by atoms with Gasteiger partial charge in [0.1, 0.15) is 17.3 Å². The number of benzene rings is 2. The maximum atomic E-state index is 13.0. The summed E-state index contributed by atoms with van der Waals surface area (Å²) in [5, 5.41) is 9.02. The summed E-state index contributed by atoms with van der Waals surface area (Å²) in [5.41, 5.74) is 5.16. The van der Waals surface area contributed by atoms with Gasteiger partial charge in [-0.05, 0) is 72.9 Å². The molecule has 1 aliphatic carbocycles. The zero-order valence-corrected chi connectivity index (χ0v) is 15.2. The van der Waals surface area contributed by atoms with Gasteiger partial charge in [0.05, 0.1) is 5.92 Å². The zero-order valence-electron chi connectivity index (χ0n) is 15.2. The fourth-order valence-electron chi connectivity index (χ4n) is 3.83. The first kappa shape index (κ1) is 17.7. The average Bonchev–Trinajstić information content (AvgIpc) is 2.61. The molecule has 0 spiro atoms. The molecule has 0 amide bonds. The van der Waals surface area contributed by atoms with Crippen molar-refractivity contribution in [3.05, 3.63) is 65.0 Å². The summed E-state index contributed by atoms with van der Waals surface area (Å²) in [5.74, 6) is 0.181. The third kappa shape index (κ3) is 3.74. The second-order valence-corrected chi connectivity index (χ2v) is 7.33. The van der Waals surface area contributed by atoms with Crippen LogP contribution in [0, 0.1) is 11.7 Å². The highest BCUT2D eigenvalue weighted by Gasteiger charge is 2.33. The second-order valence-electron chi connectivity index (χ2n) is 7.33. The molecule has 2 aromatic carbocycles. The minimum atomic E-state index is -0.695. The van der Waals surface area contributed by atoms with Crippen LogP contribution in [0.3, 0.4) is 0 Å². The maximum absolute atomic E-state index is 13.0. The third-order valence-electron chi connectivity index (χ3n) is 5.48. The van der Waals surface area contributed by atoms with Gasteiger partial charge in [0.15, 0.2) is 0 Å². The molecule has 1 saturated heterocycles. The lowest BCUT2D eigenvalue weighted by atomic mass is 9.85. The number of carboxylic acid groups (broad SMARTS) is 1. The first-order chi connectivity index (χ1) is 13.0. The van der Waals surface area contributed by atoms with Crippen molar-refractivity contribution in [2.75, 3.05) is 19.6 Å². The lowest BCUT2D eigenvalue weighted by Gasteiger charge is -2.38. The number of halogens is 1. The van der Waals surface area contributed by atoms with E-state index >= 15 is 0 Å². The van der Waals surface area contributed by atoms with Crippen molar-refractivity contribution >= 4 is 11.5 Å². The van der Waals surface area contributed by atoms with E-state index in [1.165, 1.54) is 34.4 Å². The van der Waals surface area contributed by atoms with E-state index < -0.39 is 5.97 Å². The van der Waals surface area contributed by atoms with E-state index in [-0.39, 0.29) is 11.7 Å². The fraction of sp³-hybridized carbons (Fsp3) is 0.318. The number of hydrogen-bond acceptors (Lipinski definition) is 3. The van der Waals surface area contributed by atoms with Crippen molar-refractivity contribution in [3.8, 4) is 11.5 Å². The molecule has 1 fully saturated rings. The van der Waals surface area contributed by atoms with Gasteiger partial charge in [-0.2, -0.15) is 0 Å². The summed E-state index contributed by atoms with van der Waals surface area (Å²) < 4.78 is 18.9. The molecule has 2 aliphatic rings. The van der Waals surface area contributed by atoms with E-state index in [2.05, 4.69) is 24.0 Å². The number of ether oxygens (including phenoxy) is 1. The molecule has 0 unspecified atom stereocenters. The van der Waals surface area contributed by atoms with Gasteiger partial charge < -0.3 is 9.84 Å². The minimum Gasteiger partial charge on any atom is -0.481 e. The lowest BCUT2D eigenvalue weighted by Crippen LogP contribution is -2.50. The highest BCUT2D eigenvalue weighted by Crippen LogP contribution is 2.35. The molecule has 0 aromatic heterocycles. The van der Waals surface area contributed by atoms with Gasteiger partial charge in [-0.3, -0.25) is 9.69 Å². The number of allylic oxidation sites excluding steroid dienone is 1. The molecule has 0 radical (unpaired) electrons. The van der Waals surface area contributed by atoms with Crippen LogP contribution in [-0.2, 0) is 11.2 Å². The normalized spacial score (nSPS) is 17.4. The minimum absolute atomic E-state index is 0.215. The molecular formula is C22H22FNO3. The molecule has 4 nitrogen and oxygen atoms in total. The smallest absolute Gasteiger partial charge is 0.309 e. The van der Waals surface area contributed by atoms with Crippen LogP contribution in [0.2, 0.25) is 0 Å². The van der Waals surface area contributed by atoms with Crippen molar-refractivity contribution in [2.24, 2.45) is 5.92 Å². The van der Waals surface area contributed by atoms with Crippen molar-refractivity contribution in [2.45, 2.75) is 19.8 Å². The van der Waals surface area contributed by atoms with Gasteiger partial charge in [0.2, 0.25) is 0 Å². The number of carboxylic acids is 1. The predicted molar refractivity (Wildman–Crippen MR) is 101 cm³/mol. The molecular weight excluding hydrogens is 345 g/mol. The molecule has 0 atom stereocenters. The summed E-state index contributed by atoms with van der Waals surface area (Å²) >= 11 is 0. The number of rotatable bonds is 5. The molecule has 1 N–H and O–H groups in total. The summed E-state index contributed by atoms with van der Waals surface area (Å²) in [7, 11) is 0. The van der Waals surface area contributed by atoms with Crippen LogP contribution in [0.1, 0.15) is 24.5 Å². The summed E-state index contributed by atoms with van der Waals surface area (Å²) in [6, 6.07) is 12.1. The van der Waals surface area contributed by atoms with E-state index in [0.29, 0.717) is 18.8 Å². The van der Waals surface area contributed by atoms with Crippen molar-refractivity contribution in [1.29, 1.82) is 0 Å². The summed E-state index contributed by atoms with van der Waals surface area (Å²) in [4.78, 5) is 13.2. The Balaban J connectivity index is 1.46. The molecule has 0 bridgehead atoms. The van der Waals surface area contributed by atoms with E-state index in [4.69, 9.17) is 9.84 Å². The van der Waals surface area contributed by atoms with Crippen molar-refractivity contribution in [1.82, 2.24) is 4.90 Å². The van der Waals surface area contributed by atoms with E-state index in [9.17, 15) is 9.18 Å². The van der Waals surface area contributed by atoms with Crippen LogP contribution in [0.4, 0.5) is 4.39 Å². The molecule has 140 valence electrons. The Morgan fingerprint density at radius 2 is 1.85 bits per heavy atom. The van der Waals surface area contributed by atoms with Crippen LogP contribution in [0.5, 0.6) is 11.5 Å². The van der Waals surface area contributed by atoms with Gasteiger partial charge in [-0.1, -0.05) is 11.6 Å². The number of nitrogens with zero attached hydrogens (tertiary/aromatic N) is 1. The maximum Gasteiger partial charge on any atom is 0.309 e. The predicted octanol–water partition coefficient (Wildman–Crippen LogP) is 4.35. The van der Waals surface area contributed by atoms with Crippen LogP contribution in [0.15, 0.2) is 48.0 Å². The van der Waals surface area contributed by atoms with E-state index in [0.717, 1.165) is 25.1 Å². The number of fused-ring (bicyclic) bond motifs is 1. The molecule has 1 aliphatic heterocycles. The Kier molecular flexibility index (Phi) is 4.70. The number of aliphatic carboxylic acids is 1. The summed E-state index contributed by atoms with van der Waals surface area (Å²) in [6.07, 6.45) is 1.92. The largest absolute Gasteiger partial charge is 0.481 e. The van der Waals surface area contributed by atoms with Gasteiger partial charge in [-0.15, -0.1) is 0 Å². The fourth-order valence-corrected chi connectivity index (χ4v) is 3.83. The topological polar surface area (TPSA) is 49.8 Å². The number of aryl methyl sites for hydroxylation is 1. The van der Waals surface area contributed by atoms with Crippen LogP contribution < -0.4 is 4.74 Å². The van der Waals surface area contributed by atoms with Gasteiger partial charge >= 0.3 is 5.97 Å². The summed E-state index contributed by atoms with van der Waals surface area (Å²) in [6.45, 7) is 4.28. The Morgan fingerprint density at radius 1 is 1.15 bits per heavy atom. The molecule has 27 heavy (non-hydrogen) atoms. The first-order valence-electron chi connectivity index (χ1n) is 9.20. The Hall–Kier alpha value is -2.66. The van der Waals surface area contributed by atoms with Gasteiger partial charge in [-0.25, -0.2) is 4.39 Å². The number of hydrogen-bond donors (Lipinski definition) is 1. The third-order valence-corrected chi connectivity index (χ3v) is 5.48. The first-order valence-corrected chi connectivity index (χ1v) is 9.20. The monoisotopic (exact) mass is 367 g/mol. The van der Waals surface area contributed by atoms with Gasteiger partial charge in [0.25, 0.3) is 0 Å². The van der Waals surface area contributed by atoms with Crippen LogP contribution >= 0.6 is 0 Å². The van der Waals surface area contributed by atoms with E-state index in [1.54, 1.807) is 12.1 Å². The highest BCUT2D eigenvalue weighted by atomic mass is 19.1. The van der Waals surface area contributed by atoms with Crippen LogP contribution in [0.25, 0.3) is 5.57 Å². The number of likely N-dealkylation sites (tertiary alicyclic amines) is 1. The zero-order chi connectivity index (χ0) is 19.0. The van der Waals surface area contributed by atoms with Crippen molar-refractivity contribution < 1.29 is 19.0 Å². The SMILES string of the molecule is CC1=C(CN2CC(C(=O)O)C2)CCc2cc(Oc3ccc(F)cc3)ccc21. The molecule has 4 rings (SSSR count). The molecule has 1 heterocycles. The quantitative estimate of drug-likeness (QED) is 0.853. The van der Waals surface area contributed by atoms with Crippen LogP contribution in [-0.4, -0.2) is 35.6 Å².